The van der Waals surface area contributed by atoms with Crippen LogP contribution in [0, 0.1) is 27.8 Å². The van der Waals surface area contributed by atoms with E-state index in [2.05, 4.69) is 50.6 Å². The third kappa shape index (κ3) is 5.61. The first-order valence-corrected chi connectivity index (χ1v) is 13.8. The number of allylic oxidation sites excluding steroid dienone is 1. The number of fused-ring (bicyclic) bond motifs is 1. The van der Waals surface area contributed by atoms with Crippen LogP contribution in [0.4, 0.5) is 14.9 Å². The largest absolute Gasteiger partial charge is 0.444 e. The van der Waals surface area contributed by atoms with Crippen LogP contribution in [0.3, 0.4) is 0 Å². The Bertz CT molecular complexity index is 1540. The number of amides is 1. The molecule has 0 radical (unpaired) electrons. The number of nitriles is 1. The molecule has 1 fully saturated rings. The molecule has 1 amide bonds. The van der Waals surface area contributed by atoms with Gasteiger partial charge >= 0.3 is 6.09 Å². The number of hydrogen-bond donors (Lipinski definition) is 1. The number of rotatable bonds is 4. The lowest BCUT2D eigenvalue weighted by Gasteiger charge is -2.38. The van der Waals surface area contributed by atoms with Crippen LogP contribution < -0.4 is 0 Å². The molecular weight excluding hydrogens is 634 g/mol. The number of benzene rings is 2. The summed E-state index contributed by atoms with van der Waals surface area (Å²) < 4.78 is 22.6. The average molecular weight is 663 g/mol. The molecule has 1 aliphatic rings. The second kappa shape index (κ2) is 11.1. The maximum absolute atomic E-state index is 16.4. The highest BCUT2D eigenvalue weighted by Gasteiger charge is 2.31. The molecule has 2 aromatic carbocycles. The summed E-state index contributed by atoms with van der Waals surface area (Å²) >= 11 is 8.92. The van der Waals surface area contributed by atoms with Gasteiger partial charge in [0, 0.05) is 48.3 Å². The zero-order valence-electron chi connectivity index (χ0n) is 22.5. The van der Waals surface area contributed by atoms with E-state index < -0.39 is 17.5 Å². The van der Waals surface area contributed by atoms with E-state index in [1.807, 2.05) is 44.7 Å². The number of aromatic nitrogens is 2. The number of hydrogen-bond acceptors (Lipinski definition) is 6. The number of carbonyl (C=O) groups excluding carboxylic acids is 1. The normalized spacial score (nSPS) is 14.7. The first-order chi connectivity index (χ1) is 18.4. The van der Waals surface area contributed by atoms with Crippen LogP contribution >= 0.6 is 34.2 Å². The smallest absolute Gasteiger partial charge is 0.410 e. The molecule has 1 N–H and O–H groups in total. The van der Waals surface area contributed by atoms with Gasteiger partial charge in [0.05, 0.1) is 27.9 Å². The van der Waals surface area contributed by atoms with Gasteiger partial charge in [-0.2, -0.15) is 10.4 Å². The Balaban J connectivity index is 1.79. The van der Waals surface area contributed by atoms with Gasteiger partial charge in [0.2, 0.25) is 0 Å². The summed E-state index contributed by atoms with van der Waals surface area (Å²) in [5, 5.41) is 18.0. The van der Waals surface area contributed by atoms with Crippen molar-refractivity contribution in [1.29, 1.82) is 5.26 Å². The van der Waals surface area contributed by atoms with Gasteiger partial charge in [-0.15, -0.1) is 0 Å². The molecular formula is C28H29ClFIN6O2. The van der Waals surface area contributed by atoms with Gasteiger partial charge in [-0.25, -0.2) is 9.18 Å². The summed E-state index contributed by atoms with van der Waals surface area (Å²) in [6, 6.07) is 7.61. The number of halogens is 3. The number of H-pyrrole nitrogens is 1. The van der Waals surface area contributed by atoms with Crippen molar-refractivity contribution in [2.45, 2.75) is 40.2 Å². The lowest BCUT2D eigenvalue weighted by Crippen LogP contribution is -2.49. The van der Waals surface area contributed by atoms with E-state index in [4.69, 9.17) is 16.3 Å². The van der Waals surface area contributed by atoms with Crippen LogP contribution in [0.15, 0.2) is 28.8 Å². The van der Waals surface area contributed by atoms with Crippen LogP contribution in [-0.2, 0) is 4.74 Å². The zero-order valence-corrected chi connectivity index (χ0v) is 25.4. The fraction of sp³-hybridized carbons (Fsp3) is 0.357. The molecule has 39 heavy (non-hydrogen) atoms. The standard InChI is InChI=1S/C28H29ClFIN6O2/c1-15-7-8-19-22(26(31)35-34-19)20(15)21-18(29)13-17(24(33-6)23(21)30)25(16(2)14-32)36-9-11-37(12-10-36)27(38)39-28(3,4)5/h7-8,13H,6,9-12H2,1-5H3,(H,34,35)/b25-16-. The highest BCUT2D eigenvalue weighted by molar-refractivity contribution is 14.1. The number of piperazine rings is 1. The maximum atomic E-state index is 16.4. The lowest BCUT2D eigenvalue weighted by atomic mass is 9.93. The molecule has 0 bridgehead atoms. The summed E-state index contributed by atoms with van der Waals surface area (Å²) in [4.78, 5) is 20.2. The molecule has 0 aliphatic carbocycles. The number of aromatic amines is 1. The van der Waals surface area contributed by atoms with Gasteiger partial charge in [0.1, 0.15) is 15.0 Å². The third-order valence-corrected chi connectivity index (χ3v) is 7.60. The number of nitrogens with zero attached hydrogens (tertiary/aromatic N) is 5. The van der Waals surface area contributed by atoms with Gasteiger partial charge in [-0.05, 0) is 81.6 Å². The maximum Gasteiger partial charge on any atom is 0.410 e. The molecule has 0 atom stereocenters. The fourth-order valence-corrected chi connectivity index (χ4v) is 5.74. The van der Waals surface area contributed by atoms with Crippen molar-refractivity contribution in [2.75, 3.05) is 26.2 Å². The number of aliphatic imine (C=N–C) groups is 1. The highest BCUT2D eigenvalue weighted by Crippen LogP contribution is 2.45. The second-order valence-electron chi connectivity index (χ2n) is 10.3. The Kier molecular flexibility index (Phi) is 8.23. The lowest BCUT2D eigenvalue weighted by molar-refractivity contribution is 0.0182. The summed E-state index contributed by atoms with van der Waals surface area (Å²) in [7, 11) is 0. The van der Waals surface area contributed by atoms with Crippen molar-refractivity contribution in [3.63, 3.8) is 0 Å². The Morgan fingerprint density at radius 2 is 1.90 bits per heavy atom. The van der Waals surface area contributed by atoms with E-state index in [1.54, 1.807) is 17.9 Å². The van der Waals surface area contributed by atoms with Crippen molar-refractivity contribution in [3.05, 3.63) is 49.4 Å². The van der Waals surface area contributed by atoms with E-state index in [1.165, 1.54) is 0 Å². The molecule has 0 saturated carbocycles. The molecule has 4 rings (SSSR count). The first-order valence-electron chi connectivity index (χ1n) is 12.3. The minimum Gasteiger partial charge on any atom is -0.444 e. The molecule has 11 heteroatoms. The number of carbonyl (C=O) groups is 1. The average Bonchev–Trinajstić information content (AvgIpc) is 3.25. The van der Waals surface area contributed by atoms with E-state index in [0.717, 1.165) is 16.5 Å². The molecule has 3 aromatic rings. The summed E-state index contributed by atoms with van der Waals surface area (Å²) in [5.74, 6) is -0.629. The number of nitrogens with one attached hydrogen (secondary N) is 1. The Labute approximate surface area is 245 Å². The van der Waals surface area contributed by atoms with Crippen molar-refractivity contribution >= 4 is 69.3 Å². The van der Waals surface area contributed by atoms with E-state index >= 15 is 4.39 Å². The first kappa shape index (κ1) is 28.8. The molecule has 0 unspecified atom stereocenters. The molecule has 1 aliphatic heterocycles. The van der Waals surface area contributed by atoms with Crippen molar-refractivity contribution in [2.24, 2.45) is 4.99 Å². The topological polar surface area (TPSA) is 97.6 Å². The second-order valence-corrected chi connectivity index (χ2v) is 11.8. The Morgan fingerprint density at radius 3 is 2.49 bits per heavy atom. The fourth-order valence-electron chi connectivity index (χ4n) is 4.78. The Hall–Kier alpha value is -3.17. The van der Waals surface area contributed by atoms with Crippen LogP contribution in [-0.4, -0.2) is 64.6 Å². The van der Waals surface area contributed by atoms with Crippen molar-refractivity contribution in [3.8, 4) is 17.2 Å². The van der Waals surface area contributed by atoms with Gasteiger partial charge < -0.3 is 14.5 Å². The summed E-state index contributed by atoms with van der Waals surface area (Å²) in [6.45, 7) is 14.2. The molecule has 2 heterocycles. The van der Waals surface area contributed by atoms with Crippen molar-refractivity contribution in [1.82, 2.24) is 20.0 Å². The molecule has 1 saturated heterocycles. The monoisotopic (exact) mass is 662 g/mol. The van der Waals surface area contributed by atoms with Crippen LogP contribution in [0.2, 0.25) is 5.02 Å². The number of aryl methyl sites for hydroxylation is 1. The summed E-state index contributed by atoms with van der Waals surface area (Å²) in [5.41, 5.74) is 3.06. The van der Waals surface area contributed by atoms with Gasteiger partial charge in [-0.1, -0.05) is 17.7 Å². The minimum atomic E-state index is -0.629. The SMILES string of the molecule is C=Nc1c(/C(=C(\C)C#N)N2CCN(C(=O)OC(C)(C)C)CC2)cc(Cl)c(-c2c(C)ccc3[nH]nc(I)c23)c1F. The molecule has 1 aromatic heterocycles. The predicted molar refractivity (Wildman–Crippen MR) is 161 cm³/mol. The third-order valence-electron chi connectivity index (χ3n) is 6.52. The molecule has 204 valence electrons. The van der Waals surface area contributed by atoms with Crippen LogP contribution in [0.1, 0.15) is 38.8 Å². The number of ether oxygens (including phenoxy) is 1. The molecule has 0 spiro atoms. The molecule has 8 nitrogen and oxygen atoms in total. The van der Waals surface area contributed by atoms with Gasteiger partial charge in [-0.3, -0.25) is 10.1 Å². The predicted octanol–water partition coefficient (Wildman–Crippen LogP) is 7.07. The van der Waals surface area contributed by atoms with E-state index in [0.29, 0.717) is 52.3 Å². The Morgan fingerprint density at radius 1 is 1.26 bits per heavy atom. The summed E-state index contributed by atoms with van der Waals surface area (Å²) in [6.07, 6.45) is -0.394. The minimum absolute atomic E-state index is 0.00322. The van der Waals surface area contributed by atoms with E-state index in [9.17, 15) is 10.1 Å². The quantitative estimate of drug-likeness (QED) is 0.183. The van der Waals surface area contributed by atoms with E-state index in [-0.39, 0.29) is 16.3 Å². The zero-order chi connectivity index (χ0) is 28.6. The van der Waals surface area contributed by atoms with Crippen LogP contribution in [0.25, 0.3) is 27.7 Å². The van der Waals surface area contributed by atoms with Crippen molar-refractivity contribution < 1.29 is 13.9 Å². The van der Waals surface area contributed by atoms with Crippen LogP contribution in [0.5, 0.6) is 0 Å². The van der Waals surface area contributed by atoms with Gasteiger partial charge in [0.15, 0.2) is 5.82 Å². The highest BCUT2D eigenvalue weighted by atomic mass is 127. The van der Waals surface area contributed by atoms with Gasteiger partial charge in [0.25, 0.3) is 0 Å².